The van der Waals surface area contributed by atoms with Crippen molar-refractivity contribution in [3.8, 4) is 5.75 Å². The summed E-state index contributed by atoms with van der Waals surface area (Å²) in [6, 6.07) is 7.05. The first-order valence-corrected chi connectivity index (χ1v) is 4.33. The molecule has 0 atom stereocenters. The fourth-order valence-corrected chi connectivity index (χ4v) is 0.949. The van der Waals surface area contributed by atoms with Gasteiger partial charge in [-0.3, -0.25) is 0 Å². The van der Waals surface area contributed by atoms with Crippen LogP contribution in [-0.4, -0.2) is 12.8 Å². The van der Waals surface area contributed by atoms with Crippen LogP contribution in [0.15, 0.2) is 30.8 Å². The summed E-state index contributed by atoms with van der Waals surface area (Å²) in [6.45, 7) is 5.64. The second-order valence-electron chi connectivity index (χ2n) is 2.56. The molecule has 0 unspecified atom stereocenters. The molecule has 1 rings (SSSR count). The number of hydrogen-bond acceptors (Lipinski definition) is 3. The largest absolute Gasteiger partial charge is 0.513 e. The molecule has 1 aromatic rings. The molecular formula is C11H12O3. The Hall–Kier alpha value is -1.77. The van der Waals surface area contributed by atoms with Gasteiger partial charge in [0, 0.05) is 0 Å². The first-order valence-electron chi connectivity index (χ1n) is 4.33. The summed E-state index contributed by atoms with van der Waals surface area (Å²) in [7, 11) is 0. The van der Waals surface area contributed by atoms with Gasteiger partial charge in [-0.25, -0.2) is 4.79 Å². The molecule has 14 heavy (non-hydrogen) atoms. The molecule has 0 aliphatic carbocycles. The Morgan fingerprint density at radius 2 is 2.36 bits per heavy atom. The molecular weight excluding hydrogens is 180 g/mol. The Morgan fingerprint density at radius 1 is 1.57 bits per heavy atom. The van der Waals surface area contributed by atoms with Crippen molar-refractivity contribution in [2.75, 3.05) is 6.61 Å². The third kappa shape index (κ3) is 2.94. The summed E-state index contributed by atoms with van der Waals surface area (Å²) in [6.07, 6.45) is 0.992. The Balaban J connectivity index is 2.66. The zero-order valence-electron chi connectivity index (χ0n) is 8.03. The van der Waals surface area contributed by atoms with Crippen LogP contribution in [0.4, 0.5) is 4.79 Å². The summed E-state index contributed by atoms with van der Waals surface area (Å²) in [4.78, 5) is 10.9. The summed E-state index contributed by atoms with van der Waals surface area (Å²) < 4.78 is 9.52. The number of carbonyl (C=O) groups excluding carboxylic acids is 1. The molecule has 0 spiro atoms. The fourth-order valence-electron chi connectivity index (χ4n) is 0.949. The molecule has 0 saturated carbocycles. The van der Waals surface area contributed by atoms with E-state index in [9.17, 15) is 4.79 Å². The highest BCUT2D eigenvalue weighted by Gasteiger charge is 2.03. The molecule has 0 N–H and O–H groups in total. The van der Waals surface area contributed by atoms with E-state index in [0.717, 1.165) is 5.56 Å². The predicted octanol–water partition coefficient (Wildman–Crippen LogP) is 2.86. The topological polar surface area (TPSA) is 35.5 Å². The molecule has 0 fully saturated rings. The smallest absolute Gasteiger partial charge is 0.434 e. The van der Waals surface area contributed by atoms with Crippen LogP contribution >= 0.6 is 0 Å². The molecule has 0 radical (unpaired) electrons. The van der Waals surface area contributed by atoms with Crippen molar-refractivity contribution >= 4 is 12.2 Å². The lowest BCUT2D eigenvalue weighted by Gasteiger charge is -2.03. The summed E-state index contributed by atoms with van der Waals surface area (Å²) in [5, 5.41) is 0. The average Bonchev–Trinajstić information content (AvgIpc) is 2.18. The molecule has 3 nitrogen and oxygen atoms in total. The minimum atomic E-state index is -0.686. The van der Waals surface area contributed by atoms with Gasteiger partial charge in [0.15, 0.2) is 0 Å². The van der Waals surface area contributed by atoms with Crippen LogP contribution in [0.1, 0.15) is 12.5 Å². The second-order valence-corrected chi connectivity index (χ2v) is 2.56. The van der Waals surface area contributed by atoms with Crippen LogP contribution in [0, 0.1) is 0 Å². The molecule has 0 saturated heterocycles. The van der Waals surface area contributed by atoms with Crippen molar-refractivity contribution < 1.29 is 14.3 Å². The molecule has 3 heteroatoms. The van der Waals surface area contributed by atoms with E-state index in [1.807, 2.05) is 6.07 Å². The first kappa shape index (κ1) is 10.3. The van der Waals surface area contributed by atoms with Crippen LogP contribution in [0.25, 0.3) is 6.08 Å². The van der Waals surface area contributed by atoms with Crippen molar-refractivity contribution in [1.29, 1.82) is 0 Å². The summed E-state index contributed by atoms with van der Waals surface area (Å²) in [5.41, 5.74) is 0.895. The van der Waals surface area contributed by atoms with E-state index in [4.69, 9.17) is 4.74 Å². The highest BCUT2D eigenvalue weighted by Crippen LogP contribution is 2.14. The fraction of sp³-hybridized carbons (Fsp3) is 0.182. The normalized spacial score (nSPS) is 9.21. The molecule has 74 valence electrons. The maximum absolute atomic E-state index is 10.9. The van der Waals surface area contributed by atoms with Gasteiger partial charge in [0.25, 0.3) is 0 Å². The van der Waals surface area contributed by atoms with Gasteiger partial charge in [0.05, 0.1) is 6.61 Å². The highest BCUT2D eigenvalue weighted by atomic mass is 16.7. The molecule has 0 aliphatic rings. The SMILES string of the molecule is C=Cc1cccc(OC(=O)OCC)c1. The molecule has 0 amide bonds. The third-order valence-corrected chi connectivity index (χ3v) is 1.56. The van der Waals surface area contributed by atoms with Gasteiger partial charge >= 0.3 is 6.16 Å². The minimum Gasteiger partial charge on any atom is -0.434 e. The van der Waals surface area contributed by atoms with Gasteiger partial charge < -0.3 is 9.47 Å². The van der Waals surface area contributed by atoms with Crippen molar-refractivity contribution in [2.45, 2.75) is 6.92 Å². The van der Waals surface area contributed by atoms with Crippen molar-refractivity contribution in [3.05, 3.63) is 36.4 Å². The van der Waals surface area contributed by atoms with E-state index in [-0.39, 0.29) is 0 Å². The number of benzene rings is 1. The first-order chi connectivity index (χ1) is 6.76. The Morgan fingerprint density at radius 3 is 3.00 bits per heavy atom. The number of rotatable bonds is 3. The number of ether oxygens (including phenoxy) is 2. The van der Waals surface area contributed by atoms with E-state index in [2.05, 4.69) is 11.3 Å². The lowest BCUT2D eigenvalue weighted by Crippen LogP contribution is -2.09. The zero-order valence-corrected chi connectivity index (χ0v) is 8.03. The zero-order chi connectivity index (χ0) is 10.4. The van der Waals surface area contributed by atoms with Crippen LogP contribution < -0.4 is 4.74 Å². The van der Waals surface area contributed by atoms with Crippen molar-refractivity contribution in [1.82, 2.24) is 0 Å². The standard InChI is InChI=1S/C11H12O3/c1-3-9-6-5-7-10(8-9)14-11(12)13-4-2/h3,5-8H,1,4H2,2H3. The third-order valence-electron chi connectivity index (χ3n) is 1.56. The molecule has 0 aliphatic heterocycles. The van der Waals surface area contributed by atoms with Gasteiger partial charge in [-0.1, -0.05) is 24.8 Å². The maximum atomic E-state index is 10.9. The van der Waals surface area contributed by atoms with Gasteiger partial charge in [0.2, 0.25) is 0 Å². The Bertz CT molecular complexity index is 331. The van der Waals surface area contributed by atoms with Gasteiger partial charge in [0.1, 0.15) is 5.75 Å². The van der Waals surface area contributed by atoms with Gasteiger partial charge in [-0.15, -0.1) is 0 Å². The van der Waals surface area contributed by atoms with E-state index in [1.54, 1.807) is 31.2 Å². The average molecular weight is 192 g/mol. The quantitative estimate of drug-likeness (QED) is 0.545. The van der Waals surface area contributed by atoms with E-state index in [1.165, 1.54) is 0 Å². The van der Waals surface area contributed by atoms with Gasteiger partial charge in [-0.2, -0.15) is 0 Å². The lowest BCUT2D eigenvalue weighted by molar-refractivity contribution is 0.104. The Labute approximate surface area is 83.0 Å². The summed E-state index contributed by atoms with van der Waals surface area (Å²) in [5.74, 6) is 0.459. The molecule has 0 heterocycles. The van der Waals surface area contributed by atoms with E-state index < -0.39 is 6.16 Å². The van der Waals surface area contributed by atoms with Crippen LogP contribution in [0.3, 0.4) is 0 Å². The summed E-state index contributed by atoms with van der Waals surface area (Å²) >= 11 is 0. The van der Waals surface area contributed by atoms with Crippen molar-refractivity contribution in [3.63, 3.8) is 0 Å². The van der Waals surface area contributed by atoms with E-state index in [0.29, 0.717) is 12.4 Å². The van der Waals surface area contributed by atoms with Crippen LogP contribution in [0.2, 0.25) is 0 Å². The number of carbonyl (C=O) groups is 1. The highest BCUT2D eigenvalue weighted by molar-refractivity contribution is 5.64. The molecule has 0 aromatic heterocycles. The van der Waals surface area contributed by atoms with Crippen LogP contribution in [0.5, 0.6) is 5.75 Å². The predicted molar refractivity (Wildman–Crippen MR) is 54.2 cm³/mol. The monoisotopic (exact) mass is 192 g/mol. The molecule has 0 bridgehead atoms. The van der Waals surface area contributed by atoms with Gasteiger partial charge in [-0.05, 0) is 24.6 Å². The number of hydrogen-bond donors (Lipinski definition) is 0. The maximum Gasteiger partial charge on any atom is 0.513 e. The van der Waals surface area contributed by atoms with Crippen molar-refractivity contribution in [2.24, 2.45) is 0 Å². The Kier molecular flexibility index (Phi) is 3.73. The molecule has 1 aromatic carbocycles. The second kappa shape index (κ2) is 5.07. The lowest BCUT2D eigenvalue weighted by atomic mass is 10.2. The van der Waals surface area contributed by atoms with E-state index >= 15 is 0 Å². The minimum absolute atomic E-state index is 0.306. The van der Waals surface area contributed by atoms with Crippen LogP contribution in [-0.2, 0) is 4.74 Å².